The van der Waals surface area contributed by atoms with Crippen molar-refractivity contribution < 1.29 is 14.4 Å². The summed E-state index contributed by atoms with van der Waals surface area (Å²) < 4.78 is 0. The third-order valence-corrected chi connectivity index (χ3v) is 2.06. The van der Waals surface area contributed by atoms with Crippen molar-refractivity contribution in [3.63, 3.8) is 0 Å². The van der Waals surface area contributed by atoms with Gasteiger partial charge in [-0.2, -0.15) is 0 Å². The maximum atomic E-state index is 11.3. The number of ketones is 1. The lowest BCUT2D eigenvalue weighted by molar-refractivity contribution is -0.114. The van der Waals surface area contributed by atoms with Crippen LogP contribution in [-0.2, 0) is 9.59 Å². The lowest BCUT2D eigenvalue weighted by Gasteiger charge is -2.06. The van der Waals surface area contributed by atoms with Gasteiger partial charge in [0, 0.05) is 6.92 Å². The standard InChI is InChI=1S/C10H8N2O3/c1-5(13)11-7-4-2-3-6-8(7)12-10(15)9(6)14/h2-4H,1H3,(H,11,13)(H,12,14,15). The minimum absolute atomic E-state index is 0.253. The smallest absolute Gasteiger partial charge is 0.296 e. The molecular weight excluding hydrogens is 196 g/mol. The molecule has 1 aromatic carbocycles. The number of carbonyl (C=O) groups excluding carboxylic acids is 3. The van der Waals surface area contributed by atoms with E-state index < -0.39 is 11.7 Å². The van der Waals surface area contributed by atoms with E-state index in [4.69, 9.17) is 0 Å². The van der Waals surface area contributed by atoms with Crippen molar-refractivity contribution in [3.8, 4) is 0 Å². The number of carbonyl (C=O) groups is 3. The Morgan fingerprint density at radius 3 is 2.73 bits per heavy atom. The van der Waals surface area contributed by atoms with Crippen LogP contribution in [0.1, 0.15) is 17.3 Å². The predicted molar refractivity (Wildman–Crippen MR) is 53.7 cm³/mol. The molecule has 0 aliphatic carbocycles. The number of nitrogens with one attached hydrogen (secondary N) is 2. The SMILES string of the molecule is CC(=O)Nc1cccc2c1NC(=O)C2=O. The van der Waals surface area contributed by atoms with E-state index in [1.54, 1.807) is 18.2 Å². The lowest BCUT2D eigenvalue weighted by Crippen LogP contribution is -2.13. The van der Waals surface area contributed by atoms with Crippen LogP contribution in [0.3, 0.4) is 0 Å². The van der Waals surface area contributed by atoms with Gasteiger partial charge in [-0.25, -0.2) is 0 Å². The number of fused-ring (bicyclic) bond motifs is 1. The van der Waals surface area contributed by atoms with Gasteiger partial charge < -0.3 is 10.6 Å². The van der Waals surface area contributed by atoms with Crippen molar-refractivity contribution >= 4 is 29.0 Å². The fraction of sp³-hybridized carbons (Fsp3) is 0.100. The fourth-order valence-corrected chi connectivity index (χ4v) is 1.46. The molecule has 5 nitrogen and oxygen atoms in total. The molecule has 1 aromatic rings. The van der Waals surface area contributed by atoms with Gasteiger partial charge in [0.25, 0.3) is 11.7 Å². The van der Waals surface area contributed by atoms with Crippen LogP contribution in [0.2, 0.25) is 0 Å². The molecule has 0 aromatic heterocycles. The largest absolute Gasteiger partial charge is 0.325 e. The van der Waals surface area contributed by atoms with Crippen LogP contribution >= 0.6 is 0 Å². The van der Waals surface area contributed by atoms with Crippen LogP contribution in [0, 0.1) is 0 Å². The summed E-state index contributed by atoms with van der Waals surface area (Å²) in [5.74, 6) is -1.49. The van der Waals surface area contributed by atoms with Gasteiger partial charge in [0.1, 0.15) is 0 Å². The van der Waals surface area contributed by atoms with E-state index in [1.807, 2.05) is 0 Å². The number of rotatable bonds is 1. The first-order valence-electron chi connectivity index (χ1n) is 4.36. The molecule has 76 valence electrons. The molecule has 0 saturated heterocycles. The molecule has 0 radical (unpaired) electrons. The van der Waals surface area contributed by atoms with E-state index in [9.17, 15) is 14.4 Å². The number of hydrogen-bond donors (Lipinski definition) is 2. The molecule has 1 aliphatic heterocycles. The number of amides is 2. The summed E-state index contributed by atoms with van der Waals surface area (Å²) in [6, 6.07) is 4.78. The topological polar surface area (TPSA) is 75.3 Å². The molecule has 2 rings (SSSR count). The van der Waals surface area contributed by atoms with Crippen LogP contribution in [0.15, 0.2) is 18.2 Å². The quantitative estimate of drug-likeness (QED) is 0.664. The zero-order chi connectivity index (χ0) is 11.0. The van der Waals surface area contributed by atoms with Gasteiger partial charge in [0.05, 0.1) is 16.9 Å². The molecule has 0 bridgehead atoms. The van der Waals surface area contributed by atoms with E-state index >= 15 is 0 Å². The highest BCUT2D eigenvalue weighted by molar-refractivity contribution is 6.52. The van der Waals surface area contributed by atoms with E-state index in [1.165, 1.54) is 6.92 Å². The van der Waals surface area contributed by atoms with Gasteiger partial charge in [-0.1, -0.05) is 6.07 Å². The molecule has 0 unspecified atom stereocenters. The molecule has 1 heterocycles. The fourth-order valence-electron chi connectivity index (χ4n) is 1.46. The van der Waals surface area contributed by atoms with E-state index in [0.29, 0.717) is 16.9 Å². The molecule has 0 fully saturated rings. The molecule has 0 saturated carbocycles. The molecule has 2 amide bonds. The average molecular weight is 204 g/mol. The Morgan fingerprint density at radius 2 is 2.07 bits per heavy atom. The Balaban J connectivity index is 2.49. The predicted octanol–water partition coefficient (Wildman–Crippen LogP) is 0.780. The van der Waals surface area contributed by atoms with Gasteiger partial charge in [-0.15, -0.1) is 0 Å². The van der Waals surface area contributed by atoms with E-state index in [2.05, 4.69) is 10.6 Å². The Morgan fingerprint density at radius 1 is 1.33 bits per heavy atom. The Labute approximate surface area is 85.5 Å². The maximum Gasteiger partial charge on any atom is 0.296 e. The minimum Gasteiger partial charge on any atom is -0.325 e. The number of hydrogen-bond acceptors (Lipinski definition) is 3. The highest BCUT2D eigenvalue weighted by Crippen LogP contribution is 2.30. The molecular formula is C10H8N2O3. The van der Waals surface area contributed by atoms with Gasteiger partial charge in [-0.05, 0) is 12.1 Å². The van der Waals surface area contributed by atoms with E-state index in [0.717, 1.165) is 0 Å². The normalized spacial score (nSPS) is 13.4. The summed E-state index contributed by atoms with van der Waals surface area (Å²) in [4.78, 5) is 33.3. The Kier molecular flexibility index (Phi) is 2.00. The van der Waals surface area contributed by atoms with Gasteiger partial charge in [-0.3, -0.25) is 14.4 Å². The molecule has 0 spiro atoms. The van der Waals surface area contributed by atoms with Crippen molar-refractivity contribution in [1.29, 1.82) is 0 Å². The second kappa shape index (κ2) is 3.20. The molecule has 5 heteroatoms. The summed E-state index contributed by atoms with van der Waals surface area (Å²) in [5.41, 5.74) is 1.12. The highest BCUT2D eigenvalue weighted by Gasteiger charge is 2.29. The number of para-hydroxylation sites is 1. The van der Waals surface area contributed by atoms with Crippen LogP contribution < -0.4 is 10.6 Å². The van der Waals surface area contributed by atoms with Crippen LogP contribution in [0.4, 0.5) is 11.4 Å². The number of benzene rings is 1. The molecule has 0 atom stereocenters. The Hall–Kier alpha value is -2.17. The zero-order valence-corrected chi connectivity index (χ0v) is 7.96. The van der Waals surface area contributed by atoms with Crippen molar-refractivity contribution in [2.24, 2.45) is 0 Å². The lowest BCUT2D eigenvalue weighted by atomic mass is 10.1. The van der Waals surface area contributed by atoms with Crippen LogP contribution in [0.25, 0.3) is 0 Å². The second-order valence-corrected chi connectivity index (χ2v) is 3.19. The monoisotopic (exact) mass is 204 g/mol. The molecule has 15 heavy (non-hydrogen) atoms. The van der Waals surface area contributed by atoms with Crippen LogP contribution in [-0.4, -0.2) is 17.6 Å². The molecule has 1 aliphatic rings. The maximum absolute atomic E-state index is 11.3. The number of anilines is 2. The first-order chi connectivity index (χ1) is 7.09. The highest BCUT2D eigenvalue weighted by atomic mass is 16.2. The average Bonchev–Trinajstić information content (AvgIpc) is 2.45. The summed E-state index contributed by atoms with van der Waals surface area (Å²) >= 11 is 0. The van der Waals surface area contributed by atoms with Crippen molar-refractivity contribution in [2.45, 2.75) is 6.92 Å². The summed E-state index contributed by atoms with van der Waals surface area (Å²) in [6.45, 7) is 1.36. The second-order valence-electron chi connectivity index (χ2n) is 3.19. The summed E-state index contributed by atoms with van der Waals surface area (Å²) in [7, 11) is 0. The third-order valence-electron chi connectivity index (χ3n) is 2.06. The van der Waals surface area contributed by atoms with Gasteiger partial charge >= 0.3 is 0 Å². The number of Topliss-reactive ketones (excluding diaryl/α,β-unsaturated/α-hetero) is 1. The first kappa shape index (κ1) is 9.39. The third kappa shape index (κ3) is 1.48. The van der Waals surface area contributed by atoms with Crippen molar-refractivity contribution in [1.82, 2.24) is 0 Å². The summed E-state index contributed by atoms with van der Waals surface area (Å²) in [6.07, 6.45) is 0. The van der Waals surface area contributed by atoms with Crippen LogP contribution in [0.5, 0.6) is 0 Å². The Bertz CT molecular complexity index is 480. The molecule has 2 N–H and O–H groups in total. The minimum atomic E-state index is -0.664. The van der Waals surface area contributed by atoms with Crippen molar-refractivity contribution in [3.05, 3.63) is 23.8 Å². The van der Waals surface area contributed by atoms with Crippen molar-refractivity contribution in [2.75, 3.05) is 10.6 Å². The van der Waals surface area contributed by atoms with Gasteiger partial charge in [0.15, 0.2) is 0 Å². The first-order valence-corrected chi connectivity index (χ1v) is 4.36. The zero-order valence-electron chi connectivity index (χ0n) is 7.96. The summed E-state index contributed by atoms with van der Waals surface area (Å²) in [5, 5.41) is 4.96. The van der Waals surface area contributed by atoms with E-state index in [-0.39, 0.29) is 5.91 Å². The van der Waals surface area contributed by atoms with Gasteiger partial charge in [0.2, 0.25) is 5.91 Å².